The van der Waals surface area contributed by atoms with Gasteiger partial charge in [-0.05, 0) is 18.1 Å². The van der Waals surface area contributed by atoms with Crippen LogP contribution in [0.5, 0.6) is 0 Å². The molecule has 96 valence electrons. The molecule has 7 heteroatoms. The van der Waals surface area contributed by atoms with Crippen molar-refractivity contribution in [3.8, 4) is 0 Å². The Morgan fingerprint density at radius 3 is 2.89 bits per heavy atom. The fourth-order valence-electron chi connectivity index (χ4n) is 1.89. The number of aromatic nitrogens is 1. The van der Waals surface area contributed by atoms with Crippen molar-refractivity contribution in [1.82, 2.24) is 4.98 Å². The second-order valence-corrected chi connectivity index (χ2v) is 5.07. The summed E-state index contributed by atoms with van der Waals surface area (Å²) in [6.07, 6.45) is 0.387. The summed E-state index contributed by atoms with van der Waals surface area (Å²) in [5.74, 6) is -0.954. The van der Waals surface area contributed by atoms with Crippen LogP contribution in [0.15, 0.2) is 12.1 Å². The summed E-state index contributed by atoms with van der Waals surface area (Å²) >= 11 is 9.09. The summed E-state index contributed by atoms with van der Waals surface area (Å²) < 4.78 is 0. The smallest absolute Gasteiger partial charge is 0.339 e. The molecule has 5 nitrogen and oxygen atoms in total. The molecule has 1 fully saturated rings. The van der Waals surface area contributed by atoms with Gasteiger partial charge in [0.15, 0.2) is 5.82 Å². The lowest BCUT2D eigenvalue weighted by Gasteiger charge is -2.17. The van der Waals surface area contributed by atoms with Crippen LogP contribution in [0.4, 0.5) is 5.82 Å². The van der Waals surface area contributed by atoms with Crippen LogP contribution < -0.4 is 4.90 Å². The topological polar surface area (TPSA) is 70.5 Å². The number of carbonyl (C=O) groups is 2. The monoisotopic (exact) mass is 332 g/mol. The molecule has 0 bridgehead atoms. The average molecular weight is 334 g/mol. The lowest BCUT2D eigenvalue weighted by atomic mass is 10.2. The quantitative estimate of drug-likeness (QED) is 0.680. The number of alkyl halides is 1. The van der Waals surface area contributed by atoms with Gasteiger partial charge < -0.3 is 5.11 Å². The highest BCUT2D eigenvalue weighted by atomic mass is 79.9. The molecule has 1 amide bonds. The zero-order valence-corrected chi connectivity index (χ0v) is 11.6. The highest BCUT2D eigenvalue weighted by Gasteiger charge is 2.33. The van der Waals surface area contributed by atoms with Gasteiger partial charge in [-0.15, -0.1) is 0 Å². The Kier molecular flexibility index (Phi) is 3.87. The predicted molar refractivity (Wildman–Crippen MR) is 70.5 cm³/mol. The number of hydrogen-bond donors (Lipinski definition) is 1. The first kappa shape index (κ1) is 13.3. The van der Waals surface area contributed by atoms with E-state index in [1.54, 1.807) is 0 Å². The average Bonchev–Trinajstić information content (AvgIpc) is 2.70. The molecular weight excluding hydrogens is 323 g/mol. The number of amides is 1. The van der Waals surface area contributed by atoms with E-state index in [1.807, 2.05) is 0 Å². The highest BCUT2D eigenvalue weighted by Crippen LogP contribution is 2.28. The summed E-state index contributed by atoms with van der Waals surface area (Å²) in [5, 5.41) is 9.96. The van der Waals surface area contributed by atoms with Crippen molar-refractivity contribution < 1.29 is 14.7 Å². The van der Waals surface area contributed by atoms with Crippen molar-refractivity contribution in [3.63, 3.8) is 0 Å². The molecule has 0 aromatic carbocycles. The molecule has 0 aliphatic carbocycles. The molecule has 2 heterocycles. The van der Waals surface area contributed by atoms with E-state index in [0.29, 0.717) is 18.3 Å². The van der Waals surface area contributed by atoms with Gasteiger partial charge in [-0.1, -0.05) is 27.5 Å². The molecule has 0 radical (unpaired) electrons. The molecule has 2 rings (SSSR count). The largest absolute Gasteiger partial charge is 0.478 e. The summed E-state index contributed by atoms with van der Waals surface area (Å²) in [5.41, 5.74) is -0.0111. The van der Waals surface area contributed by atoms with Gasteiger partial charge in [0.25, 0.3) is 0 Å². The molecule has 1 aromatic rings. The third kappa shape index (κ3) is 2.49. The Balaban J connectivity index is 2.41. The van der Waals surface area contributed by atoms with Crippen molar-refractivity contribution >= 4 is 45.2 Å². The number of carboxylic acids is 1. The highest BCUT2D eigenvalue weighted by molar-refractivity contribution is 9.09. The van der Waals surface area contributed by atoms with E-state index in [-0.39, 0.29) is 28.4 Å². The Morgan fingerprint density at radius 2 is 2.33 bits per heavy atom. The number of carbonyl (C=O) groups excluding carboxylic acids is 1. The Bertz CT molecular complexity index is 509. The summed E-state index contributed by atoms with van der Waals surface area (Å²) in [6.45, 7) is 0.456. The van der Waals surface area contributed by atoms with Crippen molar-refractivity contribution in [2.24, 2.45) is 5.92 Å². The SMILES string of the molecule is O=C(O)c1ccc(Cl)nc1N1CC(CBr)CC1=O. The first-order valence-corrected chi connectivity index (χ1v) is 6.79. The van der Waals surface area contributed by atoms with Gasteiger partial charge in [0.05, 0.1) is 0 Å². The lowest BCUT2D eigenvalue weighted by molar-refractivity contribution is -0.117. The molecule has 0 spiro atoms. The van der Waals surface area contributed by atoms with Crippen LogP contribution in [0.3, 0.4) is 0 Å². The maximum Gasteiger partial charge on any atom is 0.339 e. The second-order valence-electron chi connectivity index (χ2n) is 4.04. The summed E-state index contributed by atoms with van der Waals surface area (Å²) in [4.78, 5) is 28.3. The summed E-state index contributed by atoms with van der Waals surface area (Å²) in [6, 6.07) is 2.76. The molecular formula is C11H10BrClN2O3. The molecule has 1 aromatic heterocycles. The van der Waals surface area contributed by atoms with E-state index < -0.39 is 5.97 Å². The first-order chi connectivity index (χ1) is 8.52. The number of halogens is 2. The van der Waals surface area contributed by atoms with Crippen LogP contribution in [0.1, 0.15) is 16.8 Å². The number of hydrogen-bond acceptors (Lipinski definition) is 3. The molecule has 1 N–H and O–H groups in total. The van der Waals surface area contributed by atoms with Crippen molar-refractivity contribution in [1.29, 1.82) is 0 Å². The van der Waals surface area contributed by atoms with Gasteiger partial charge in [-0.25, -0.2) is 9.78 Å². The van der Waals surface area contributed by atoms with Gasteiger partial charge in [-0.2, -0.15) is 0 Å². The van der Waals surface area contributed by atoms with Crippen molar-refractivity contribution in [3.05, 3.63) is 22.8 Å². The number of rotatable bonds is 3. The van der Waals surface area contributed by atoms with Crippen LogP contribution in [0.25, 0.3) is 0 Å². The molecule has 1 aliphatic heterocycles. The maximum absolute atomic E-state index is 11.9. The Hall–Kier alpha value is -1.14. The number of pyridine rings is 1. The molecule has 1 aliphatic rings. The Labute approximate surface area is 117 Å². The molecule has 1 atom stereocenters. The fourth-order valence-corrected chi connectivity index (χ4v) is 2.46. The predicted octanol–water partition coefficient (Wildman–Crippen LogP) is 2.18. The van der Waals surface area contributed by atoms with E-state index in [9.17, 15) is 9.59 Å². The van der Waals surface area contributed by atoms with E-state index in [0.717, 1.165) is 0 Å². The van der Waals surface area contributed by atoms with Crippen LogP contribution in [0.2, 0.25) is 5.15 Å². The lowest BCUT2D eigenvalue weighted by Crippen LogP contribution is -2.27. The zero-order valence-electron chi connectivity index (χ0n) is 9.27. The molecule has 1 unspecified atom stereocenters. The number of aromatic carboxylic acids is 1. The minimum absolute atomic E-state index is 0.0111. The van der Waals surface area contributed by atoms with Crippen LogP contribution >= 0.6 is 27.5 Å². The van der Waals surface area contributed by atoms with Gasteiger partial charge in [0, 0.05) is 18.3 Å². The maximum atomic E-state index is 11.9. The summed E-state index contributed by atoms with van der Waals surface area (Å²) in [7, 11) is 0. The molecule has 18 heavy (non-hydrogen) atoms. The van der Waals surface area contributed by atoms with Gasteiger partial charge >= 0.3 is 5.97 Å². The number of carboxylic acid groups (broad SMARTS) is 1. The minimum atomic E-state index is -1.12. The first-order valence-electron chi connectivity index (χ1n) is 5.29. The van der Waals surface area contributed by atoms with E-state index in [4.69, 9.17) is 16.7 Å². The van der Waals surface area contributed by atoms with E-state index in [1.165, 1.54) is 17.0 Å². The van der Waals surface area contributed by atoms with Gasteiger partial charge in [-0.3, -0.25) is 9.69 Å². The van der Waals surface area contributed by atoms with Crippen LogP contribution in [0, 0.1) is 5.92 Å². The Morgan fingerprint density at radius 1 is 1.61 bits per heavy atom. The normalized spacial score (nSPS) is 19.3. The standard InChI is InChI=1S/C11H10BrClN2O3/c12-4-6-3-9(16)15(5-6)10-7(11(17)18)1-2-8(13)14-10/h1-2,6H,3-5H2,(H,17,18). The van der Waals surface area contributed by atoms with Gasteiger partial charge in [0.1, 0.15) is 10.7 Å². The number of anilines is 1. The van der Waals surface area contributed by atoms with Gasteiger partial charge in [0.2, 0.25) is 5.91 Å². The zero-order chi connectivity index (χ0) is 13.3. The third-order valence-electron chi connectivity index (χ3n) is 2.75. The molecule has 0 saturated carbocycles. The molecule has 1 saturated heterocycles. The van der Waals surface area contributed by atoms with E-state index in [2.05, 4.69) is 20.9 Å². The third-order valence-corrected chi connectivity index (χ3v) is 3.88. The van der Waals surface area contributed by atoms with Crippen LogP contribution in [-0.2, 0) is 4.79 Å². The van der Waals surface area contributed by atoms with Crippen molar-refractivity contribution in [2.45, 2.75) is 6.42 Å². The fraction of sp³-hybridized carbons (Fsp3) is 0.364. The van der Waals surface area contributed by atoms with E-state index >= 15 is 0 Å². The van der Waals surface area contributed by atoms with Crippen molar-refractivity contribution in [2.75, 3.05) is 16.8 Å². The minimum Gasteiger partial charge on any atom is -0.478 e. The van der Waals surface area contributed by atoms with Crippen LogP contribution in [-0.4, -0.2) is 33.8 Å². The number of nitrogens with zero attached hydrogens (tertiary/aromatic N) is 2. The second kappa shape index (κ2) is 5.24.